The van der Waals surface area contributed by atoms with Crippen LogP contribution in [0.25, 0.3) is 10.2 Å². The average Bonchev–Trinajstić information content (AvgIpc) is 3.44. The van der Waals surface area contributed by atoms with E-state index in [0.29, 0.717) is 48.9 Å². The van der Waals surface area contributed by atoms with Crippen LogP contribution in [-0.2, 0) is 24.2 Å². The first kappa shape index (κ1) is 22.8. The fourth-order valence-electron chi connectivity index (χ4n) is 3.56. The highest BCUT2D eigenvalue weighted by molar-refractivity contribution is 7.92. The van der Waals surface area contributed by atoms with Crippen molar-refractivity contribution in [2.75, 3.05) is 25.6 Å². The molecule has 0 spiro atoms. The number of anilines is 1. The van der Waals surface area contributed by atoms with Crippen LogP contribution in [0.3, 0.4) is 0 Å². The molecule has 0 unspecified atom stereocenters. The fourth-order valence-corrected chi connectivity index (χ4v) is 6.11. The molecule has 0 radical (unpaired) electrons. The second kappa shape index (κ2) is 9.32. The van der Waals surface area contributed by atoms with Gasteiger partial charge in [0.2, 0.25) is 0 Å². The maximum atomic E-state index is 13.2. The monoisotopic (exact) mass is 501 g/mol. The molecule has 1 aromatic heterocycles. The Morgan fingerprint density at radius 2 is 1.97 bits per heavy atom. The highest BCUT2D eigenvalue weighted by atomic mass is 32.2. The van der Waals surface area contributed by atoms with Crippen molar-refractivity contribution < 1.29 is 27.5 Å². The molecule has 1 aliphatic heterocycles. The highest BCUT2D eigenvalue weighted by Crippen LogP contribution is 2.33. The lowest BCUT2D eigenvalue weighted by atomic mass is 10.1. The summed E-state index contributed by atoms with van der Waals surface area (Å²) in [6, 6.07) is 11.6. The molecule has 3 aromatic rings. The number of nitrogens with zero attached hydrogens (tertiary/aromatic N) is 2. The zero-order valence-corrected chi connectivity index (χ0v) is 20.0. The lowest BCUT2D eigenvalue weighted by molar-refractivity contribution is -0.110. The van der Waals surface area contributed by atoms with Crippen LogP contribution in [-0.4, -0.2) is 56.7 Å². The summed E-state index contributed by atoms with van der Waals surface area (Å²) in [5.74, 6) is 0.187. The van der Waals surface area contributed by atoms with E-state index in [1.54, 1.807) is 25.3 Å². The Labute approximate surface area is 200 Å². The van der Waals surface area contributed by atoms with E-state index < -0.39 is 15.7 Å². The number of ether oxygens (including phenoxy) is 2. The van der Waals surface area contributed by atoms with Gasteiger partial charge in [-0.25, -0.2) is 13.4 Å². The van der Waals surface area contributed by atoms with Gasteiger partial charge in [0.25, 0.3) is 5.91 Å². The van der Waals surface area contributed by atoms with Gasteiger partial charge in [-0.2, -0.15) is 0 Å². The van der Waals surface area contributed by atoms with E-state index in [1.807, 2.05) is 12.1 Å². The van der Waals surface area contributed by atoms with Crippen molar-refractivity contribution in [2.45, 2.75) is 35.5 Å². The molecule has 1 aliphatic carbocycles. The Morgan fingerprint density at radius 3 is 2.65 bits per heavy atom. The second-order valence-corrected chi connectivity index (χ2v) is 11.4. The van der Waals surface area contributed by atoms with Crippen LogP contribution >= 0.6 is 11.3 Å². The number of oxime groups is 1. The molecule has 2 fully saturated rings. The van der Waals surface area contributed by atoms with Gasteiger partial charge in [0.15, 0.2) is 26.8 Å². The van der Waals surface area contributed by atoms with Crippen molar-refractivity contribution in [2.24, 2.45) is 5.16 Å². The molecule has 2 aliphatic rings. The number of hydrogen-bond donors (Lipinski definition) is 1. The third kappa shape index (κ3) is 4.77. The maximum Gasteiger partial charge on any atom is 0.280 e. The number of carbonyl (C=O) groups is 1. The van der Waals surface area contributed by atoms with Crippen molar-refractivity contribution in [3.63, 3.8) is 0 Å². The molecule has 11 heteroatoms. The summed E-state index contributed by atoms with van der Waals surface area (Å²) in [7, 11) is -1.74. The summed E-state index contributed by atoms with van der Waals surface area (Å²) in [5.41, 5.74) is 1.20. The Kier molecular flexibility index (Phi) is 6.24. The molecule has 34 heavy (non-hydrogen) atoms. The minimum absolute atomic E-state index is 0.0270. The molecular formula is C23H23N3O6S2. The van der Waals surface area contributed by atoms with Gasteiger partial charge >= 0.3 is 0 Å². The van der Waals surface area contributed by atoms with Gasteiger partial charge in [-0.1, -0.05) is 28.6 Å². The molecule has 0 bridgehead atoms. The number of aromatic nitrogens is 1. The van der Waals surface area contributed by atoms with E-state index >= 15 is 0 Å². The van der Waals surface area contributed by atoms with E-state index in [-0.39, 0.29) is 22.0 Å². The first-order valence-corrected chi connectivity index (χ1v) is 13.2. The predicted molar refractivity (Wildman–Crippen MR) is 128 cm³/mol. The minimum atomic E-state index is -3.33. The Morgan fingerprint density at radius 1 is 1.18 bits per heavy atom. The molecule has 2 heterocycles. The third-order valence-corrected chi connectivity index (χ3v) is 8.84. The van der Waals surface area contributed by atoms with Gasteiger partial charge in [-0.05, 0) is 43.2 Å². The summed E-state index contributed by atoms with van der Waals surface area (Å²) in [4.78, 5) is 23.4. The quantitative estimate of drug-likeness (QED) is 0.371. The maximum absolute atomic E-state index is 13.2. The molecule has 1 amide bonds. The largest absolute Gasteiger partial charge is 0.497 e. The van der Waals surface area contributed by atoms with Gasteiger partial charge in [0, 0.05) is 12.0 Å². The van der Waals surface area contributed by atoms with E-state index in [0.717, 1.165) is 10.2 Å². The molecular weight excluding hydrogens is 478 g/mol. The molecule has 1 atom stereocenters. The summed E-state index contributed by atoms with van der Waals surface area (Å²) in [6.45, 7) is 0.973. The lowest BCUT2D eigenvalue weighted by Crippen LogP contribution is -2.25. The van der Waals surface area contributed by atoms with Crippen LogP contribution in [0, 0.1) is 0 Å². The molecule has 1 saturated heterocycles. The lowest BCUT2D eigenvalue weighted by Gasteiger charge is -2.10. The Hall–Kier alpha value is -3.02. The van der Waals surface area contributed by atoms with Crippen molar-refractivity contribution in [1.82, 2.24) is 4.98 Å². The van der Waals surface area contributed by atoms with E-state index in [9.17, 15) is 13.2 Å². The number of benzene rings is 2. The number of nitrogens with one attached hydrogen (secondary N) is 1. The van der Waals surface area contributed by atoms with Crippen molar-refractivity contribution in [3.05, 3.63) is 48.0 Å². The van der Waals surface area contributed by atoms with Gasteiger partial charge in [-0.15, -0.1) is 0 Å². The zero-order valence-electron chi connectivity index (χ0n) is 18.4. The highest BCUT2D eigenvalue weighted by Gasteiger charge is 2.36. The van der Waals surface area contributed by atoms with Crippen LogP contribution in [0.5, 0.6) is 5.75 Å². The van der Waals surface area contributed by atoms with E-state index in [2.05, 4.69) is 15.5 Å². The molecule has 1 N–H and O–H groups in total. The van der Waals surface area contributed by atoms with Gasteiger partial charge in [-0.3, -0.25) is 10.1 Å². The zero-order chi connectivity index (χ0) is 23.7. The number of fused-ring (bicyclic) bond motifs is 1. The van der Waals surface area contributed by atoms with E-state index in [4.69, 9.17) is 14.3 Å². The molecule has 178 valence electrons. The van der Waals surface area contributed by atoms with Crippen LogP contribution in [0.15, 0.2) is 52.5 Å². The molecule has 5 rings (SSSR count). The van der Waals surface area contributed by atoms with Crippen molar-refractivity contribution in [3.8, 4) is 5.75 Å². The first-order chi connectivity index (χ1) is 16.4. The summed E-state index contributed by atoms with van der Waals surface area (Å²) in [5, 5.41) is 7.00. The normalized spacial score (nSPS) is 18.7. The fraction of sp³-hybridized carbons (Fsp3) is 0.348. The van der Waals surface area contributed by atoms with Crippen LogP contribution < -0.4 is 10.1 Å². The van der Waals surface area contributed by atoms with Crippen LogP contribution in [0.1, 0.15) is 24.8 Å². The van der Waals surface area contributed by atoms with Crippen LogP contribution in [0.4, 0.5) is 5.13 Å². The number of hydrogen-bond acceptors (Lipinski definition) is 9. The second-order valence-electron chi connectivity index (χ2n) is 8.11. The summed E-state index contributed by atoms with van der Waals surface area (Å²) in [6.07, 6.45) is 1.80. The first-order valence-electron chi connectivity index (χ1n) is 10.9. The Balaban J connectivity index is 1.41. The summed E-state index contributed by atoms with van der Waals surface area (Å²) < 4.78 is 36.4. The van der Waals surface area contributed by atoms with E-state index in [1.165, 1.54) is 23.5 Å². The van der Waals surface area contributed by atoms with Crippen molar-refractivity contribution in [1.29, 1.82) is 0 Å². The third-order valence-electron chi connectivity index (χ3n) is 5.63. The molecule has 1 saturated carbocycles. The number of sulfone groups is 1. The topological polar surface area (TPSA) is 116 Å². The van der Waals surface area contributed by atoms with Crippen molar-refractivity contribution >= 4 is 48.1 Å². The number of thiazole rings is 1. The van der Waals surface area contributed by atoms with Crippen LogP contribution in [0.2, 0.25) is 0 Å². The standard InChI is InChI=1S/C23H23N3O6S2/c1-30-15-4-9-19-20(12-15)33-23(24-19)25-22(27)21(26-32-16-10-11-31-13-16)14-2-5-17(6-3-14)34(28,29)18-7-8-18/h2-6,9,12,16,18H,7-8,10-11,13H2,1H3,(H,24,25,27)/t16-/m1/s1. The number of rotatable bonds is 8. The predicted octanol–water partition coefficient (Wildman–Crippen LogP) is 3.39. The molecule has 2 aromatic carbocycles. The Bertz CT molecular complexity index is 1340. The summed E-state index contributed by atoms with van der Waals surface area (Å²) >= 11 is 1.31. The minimum Gasteiger partial charge on any atom is -0.497 e. The molecule has 9 nitrogen and oxygen atoms in total. The number of amides is 1. The van der Waals surface area contributed by atoms with Gasteiger partial charge in [0.1, 0.15) is 5.75 Å². The number of carbonyl (C=O) groups excluding carboxylic acids is 1. The SMILES string of the molecule is COc1ccc2nc(NC(=O)C(=NO[C@@H]3CCOC3)c3ccc(S(=O)(=O)C4CC4)cc3)sc2c1. The van der Waals surface area contributed by atoms with Gasteiger partial charge < -0.3 is 14.3 Å². The number of methoxy groups -OCH3 is 1. The smallest absolute Gasteiger partial charge is 0.280 e. The van der Waals surface area contributed by atoms with Gasteiger partial charge in [0.05, 0.1) is 40.7 Å². The average molecular weight is 502 g/mol.